The van der Waals surface area contributed by atoms with Gasteiger partial charge in [0.1, 0.15) is 0 Å². The maximum absolute atomic E-state index is 4.56. The van der Waals surface area contributed by atoms with Gasteiger partial charge in [-0.15, -0.1) is 0 Å². The molecule has 0 N–H and O–H groups in total. The van der Waals surface area contributed by atoms with Crippen molar-refractivity contribution in [3.8, 4) is 0 Å². The van der Waals surface area contributed by atoms with E-state index in [9.17, 15) is 0 Å². The van der Waals surface area contributed by atoms with Gasteiger partial charge in [-0.1, -0.05) is 8.64 Å². The van der Waals surface area contributed by atoms with Gasteiger partial charge in [0.15, 0.2) is 0 Å². The summed E-state index contributed by atoms with van der Waals surface area (Å²) in [5.74, 6) is 0. The van der Waals surface area contributed by atoms with Crippen molar-refractivity contribution in [1.29, 1.82) is 0 Å². The second-order valence-corrected chi connectivity index (χ2v) is 4.38. The van der Waals surface area contributed by atoms with Crippen LogP contribution in [-0.4, -0.2) is 57.6 Å². The monoisotopic (exact) mass is 336 g/mol. The van der Waals surface area contributed by atoms with Crippen molar-refractivity contribution in [2.24, 2.45) is 0 Å². The van der Waals surface area contributed by atoms with Crippen molar-refractivity contribution in [1.82, 2.24) is 9.80 Å². The van der Waals surface area contributed by atoms with Crippen molar-refractivity contribution < 1.29 is 19.5 Å². The molecule has 0 bridgehead atoms. The summed E-state index contributed by atoms with van der Waals surface area (Å²) in [7, 11) is 7.31. The Morgan fingerprint density at radius 2 is 0.929 bits per heavy atom. The molecule has 0 aromatic rings. The van der Waals surface area contributed by atoms with Crippen molar-refractivity contribution in [3.63, 3.8) is 0 Å². The van der Waals surface area contributed by atoms with Crippen LogP contribution in [0.1, 0.15) is 0 Å². The molecule has 14 heavy (non-hydrogen) atoms. The molecule has 80 valence electrons. The van der Waals surface area contributed by atoms with Gasteiger partial charge in [-0.2, -0.15) is 0 Å². The average Bonchev–Trinajstić information content (AvgIpc) is 1.88. The Balaban J connectivity index is -0.0000000625. The van der Waals surface area contributed by atoms with E-state index in [1.807, 2.05) is 28.2 Å². The molecule has 0 saturated heterocycles. The Kier molecular flexibility index (Phi) is 24.4. The van der Waals surface area contributed by atoms with Crippen molar-refractivity contribution in [3.05, 3.63) is 0 Å². The van der Waals surface area contributed by atoms with Crippen LogP contribution in [0.4, 0.5) is 0 Å². The van der Waals surface area contributed by atoms with Crippen LogP contribution in [0.25, 0.3) is 0 Å². The van der Waals surface area contributed by atoms with Crippen molar-refractivity contribution >= 4 is 69.3 Å². The summed E-state index contributed by atoms with van der Waals surface area (Å²) in [6.45, 7) is 0. The molecule has 0 atom stereocenters. The van der Waals surface area contributed by atoms with Crippen LogP contribution in [-0.2, 0) is 44.7 Å². The fourth-order valence-corrected chi connectivity index (χ4v) is 0. The number of rotatable bonds is 0. The van der Waals surface area contributed by atoms with Gasteiger partial charge in [-0.3, -0.25) is 0 Å². The van der Waals surface area contributed by atoms with Crippen LogP contribution in [0.15, 0.2) is 0 Å². The van der Waals surface area contributed by atoms with Gasteiger partial charge in [0.25, 0.3) is 0 Å². The van der Waals surface area contributed by atoms with Crippen LogP contribution < -0.4 is 0 Å². The Hall–Kier alpha value is 1.06. The summed E-state index contributed by atoms with van der Waals surface area (Å²) in [5.41, 5.74) is 0. The molecule has 0 aliphatic rings. The van der Waals surface area contributed by atoms with Gasteiger partial charge < -0.3 is 59.5 Å². The zero-order valence-corrected chi connectivity index (χ0v) is 14.5. The van der Waals surface area contributed by atoms with E-state index in [4.69, 9.17) is 0 Å². The van der Waals surface area contributed by atoms with E-state index in [0.717, 1.165) is 0 Å². The third kappa shape index (κ3) is 23.1. The Morgan fingerprint density at radius 1 is 0.857 bits per heavy atom. The van der Waals surface area contributed by atoms with Crippen molar-refractivity contribution in [2.75, 3.05) is 28.2 Å². The Bertz CT molecular complexity index is 148. The van der Waals surface area contributed by atoms with Crippen LogP contribution in [0.3, 0.4) is 0 Å². The number of hydrogen-bond donors (Lipinski definition) is 0. The second kappa shape index (κ2) is 14.1. The Morgan fingerprint density at radius 3 is 0.929 bits per heavy atom. The minimum Gasteiger partial charge on any atom is -0.411 e. The minimum absolute atomic E-state index is 0. The van der Waals surface area contributed by atoms with E-state index in [1.54, 1.807) is 9.80 Å². The van der Waals surface area contributed by atoms with Gasteiger partial charge in [0.05, 0.1) is 0 Å². The molecule has 0 unspecified atom stereocenters. The van der Waals surface area contributed by atoms with E-state index >= 15 is 0 Å². The molecule has 0 fully saturated rings. The zero-order valence-electron chi connectivity index (χ0n) is 8.23. The molecule has 0 amide bonds. The van der Waals surface area contributed by atoms with Crippen LogP contribution in [0.2, 0.25) is 0 Å². The maximum Gasteiger partial charge on any atom is 2.00 e. The molecule has 0 aromatic heterocycles. The fourth-order valence-electron chi connectivity index (χ4n) is 0. The third-order valence-corrected chi connectivity index (χ3v) is 2.19. The summed E-state index contributed by atoms with van der Waals surface area (Å²) >= 11 is 18.2. The molecule has 0 aliphatic carbocycles. The predicted molar refractivity (Wildman–Crippen MR) is 78.6 cm³/mol. The van der Waals surface area contributed by atoms with E-state index in [1.165, 1.54) is 0 Å². The minimum atomic E-state index is 0. The summed E-state index contributed by atoms with van der Waals surface area (Å²) in [6.07, 6.45) is 0. The van der Waals surface area contributed by atoms with Gasteiger partial charge in [0, 0.05) is 28.2 Å². The second-order valence-electron chi connectivity index (χ2n) is 2.32. The molecule has 0 spiro atoms. The number of thiocarbonyl (C=S) groups is 2. The van der Waals surface area contributed by atoms with Crippen molar-refractivity contribution in [2.45, 2.75) is 0 Å². The molecule has 0 aromatic carbocycles. The fraction of sp³-hybridized carbons (Fsp3) is 0.667. The molecule has 0 heterocycles. The summed E-state index contributed by atoms with van der Waals surface area (Å²) < 4.78 is 1.02. The largest absolute Gasteiger partial charge is 2.00 e. The predicted octanol–water partition coefficient (Wildman–Crippen LogP) is -0.694. The summed E-state index contributed by atoms with van der Waals surface area (Å²) in [5, 5.41) is 0. The zero-order chi connectivity index (χ0) is 10.3. The molecule has 2 nitrogen and oxygen atoms in total. The Labute approximate surface area is 126 Å². The van der Waals surface area contributed by atoms with E-state index < -0.39 is 0 Å². The number of nitrogens with zero attached hydrogens (tertiary/aromatic N) is 2. The van der Waals surface area contributed by atoms with Crippen LogP contribution >= 0.6 is 24.4 Å². The van der Waals surface area contributed by atoms with Gasteiger partial charge >= 0.3 is 19.5 Å². The smallest absolute Gasteiger partial charge is 0.411 e. The average molecular weight is 338 g/mol. The summed E-state index contributed by atoms with van der Waals surface area (Å²) in [4.78, 5) is 3.43. The van der Waals surface area contributed by atoms with Gasteiger partial charge in [-0.05, 0) is 11.0 Å². The number of hydrogen-bond acceptors (Lipinski definition) is 4. The normalized spacial score (nSPS) is 6.57. The van der Waals surface area contributed by atoms with Crippen LogP contribution in [0, 0.1) is 0 Å². The van der Waals surface area contributed by atoms with E-state index in [-0.39, 0.29) is 30.4 Å². The topological polar surface area (TPSA) is 6.48 Å². The molecular weight excluding hydrogens is 322 g/mol. The van der Waals surface area contributed by atoms with Gasteiger partial charge in [0.2, 0.25) is 0 Å². The molecule has 0 radical (unpaired) electrons. The molecule has 8 heteroatoms. The van der Waals surface area contributed by atoms with Gasteiger partial charge in [-0.25, -0.2) is 0 Å². The third-order valence-electron chi connectivity index (χ3n) is 0.730. The molecule has 0 aliphatic heterocycles. The molecule has 0 rings (SSSR count). The first kappa shape index (κ1) is 24.3. The SMILES string of the molecule is CN(C)C(=S)[S-].CN(C)C(=S)[S-].[SiH4].[Zn+2]. The maximum atomic E-state index is 4.56. The first-order valence-electron chi connectivity index (χ1n) is 3.05. The summed E-state index contributed by atoms with van der Waals surface area (Å²) in [6, 6.07) is 0. The molecular formula is C6H16N2S4SiZn. The first-order chi connectivity index (χ1) is 5.29. The van der Waals surface area contributed by atoms with E-state index in [2.05, 4.69) is 49.7 Å². The first-order valence-corrected chi connectivity index (χ1v) is 4.69. The molecule has 0 saturated carbocycles. The standard InChI is InChI=1S/2C3H7NS2.H4Si.Zn/c2*1-4(2)3(5)6;;/h2*1-2H3,(H,5,6);1H4;/q;;;+2/p-2. The van der Waals surface area contributed by atoms with Crippen LogP contribution in [0.5, 0.6) is 0 Å². The quantitative estimate of drug-likeness (QED) is 0.325. The van der Waals surface area contributed by atoms with E-state index in [0.29, 0.717) is 8.64 Å².